The molecule has 2 N–H and O–H groups in total. The van der Waals surface area contributed by atoms with Crippen molar-refractivity contribution in [2.24, 2.45) is 5.73 Å². The van der Waals surface area contributed by atoms with Crippen molar-refractivity contribution in [2.45, 2.75) is 50.9 Å². The number of rotatable bonds is 4. The maximum atomic E-state index is 6.13. The third-order valence-corrected chi connectivity index (χ3v) is 4.57. The van der Waals surface area contributed by atoms with Crippen LogP contribution in [0.3, 0.4) is 0 Å². The van der Waals surface area contributed by atoms with Crippen LogP contribution in [0, 0.1) is 21.3 Å². The van der Waals surface area contributed by atoms with E-state index in [0.29, 0.717) is 12.7 Å². The molecule has 1 saturated carbocycles. The number of nitrogens with two attached hydrogens (primary N) is 1. The smallest absolute Gasteiger partial charge is 0.0720 e. The second kappa shape index (κ2) is 11.1. The first kappa shape index (κ1) is 21.4. The quantitative estimate of drug-likeness (QED) is 0.812. The normalized spacial score (nSPS) is 20.5. The zero-order chi connectivity index (χ0) is 15.9. The predicted octanol–water partition coefficient (Wildman–Crippen LogP) is 5.39. The highest BCUT2D eigenvalue weighted by molar-refractivity contribution is 5.63. The summed E-state index contributed by atoms with van der Waals surface area (Å²) >= 11 is 0. The molecule has 1 aliphatic carbocycles. The van der Waals surface area contributed by atoms with Gasteiger partial charge in [0.2, 0.25) is 0 Å². The molecule has 2 aromatic carbocycles. The van der Waals surface area contributed by atoms with E-state index in [4.69, 9.17) is 10.5 Å². The summed E-state index contributed by atoms with van der Waals surface area (Å²) in [4.78, 5) is 0. The first-order chi connectivity index (χ1) is 11.3. The van der Waals surface area contributed by atoms with E-state index in [-0.39, 0.29) is 20.9 Å². The molecule has 0 saturated heterocycles. The van der Waals surface area contributed by atoms with Crippen molar-refractivity contribution >= 4 is 0 Å². The summed E-state index contributed by atoms with van der Waals surface area (Å²) in [7, 11) is 0. The molecule has 0 bridgehead atoms. The molecule has 2 aromatic rings. The molecule has 0 aliphatic heterocycles. The number of ether oxygens (including phenoxy) is 1. The van der Waals surface area contributed by atoms with Crippen molar-refractivity contribution in [3.63, 3.8) is 0 Å². The van der Waals surface area contributed by atoms with Gasteiger partial charge in [0, 0.05) is 6.04 Å². The average Bonchev–Trinajstić information content (AvgIpc) is 2.59. The van der Waals surface area contributed by atoms with Crippen molar-refractivity contribution < 1.29 is 4.74 Å². The summed E-state index contributed by atoms with van der Waals surface area (Å²) in [6.45, 7) is 0.693. The van der Waals surface area contributed by atoms with Gasteiger partial charge < -0.3 is 10.5 Å². The minimum atomic E-state index is 0. The van der Waals surface area contributed by atoms with Gasteiger partial charge in [0.05, 0.1) is 12.7 Å². The number of benzene rings is 2. The van der Waals surface area contributed by atoms with Crippen LogP contribution in [0.1, 0.15) is 37.7 Å². The molecule has 1 fully saturated rings. The van der Waals surface area contributed by atoms with Crippen LogP contribution in [0.2, 0.25) is 0 Å². The lowest BCUT2D eigenvalue weighted by molar-refractivity contribution is 0.0243. The molecule has 2 nitrogen and oxygen atoms in total. The van der Waals surface area contributed by atoms with Crippen molar-refractivity contribution in [3.8, 4) is 11.1 Å². The van der Waals surface area contributed by atoms with Crippen molar-refractivity contribution in [2.75, 3.05) is 0 Å². The molecule has 2 heteroatoms. The molecule has 0 spiro atoms. The lowest BCUT2D eigenvalue weighted by atomic mass is 9.95. The fourth-order valence-electron chi connectivity index (χ4n) is 3.12. The predicted molar refractivity (Wildman–Crippen MR) is 107 cm³/mol. The molecule has 2 unspecified atom stereocenters. The van der Waals surface area contributed by atoms with Gasteiger partial charge in [0.15, 0.2) is 0 Å². The molecule has 133 valence electrons. The zero-order valence-electron chi connectivity index (χ0n) is 15.1. The van der Waals surface area contributed by atoms with E-state index in [2.05, 4.69) is 55.0 Å². The summed E-state index contributed by atoms with van der Waals surface area (Å²) in [6.07, 6.45) is 8.16. The molecule has 25 heavy (non-hydrogen) atoms. The van der Waals surface area contributed by atoms with E-state index < -0.39 is 0 Å². The van der Waals surface area contributed by atoms with Crippen LogP contribution in [0.15, 0.2) is 54.6 Å². The first-order valence-electron chi connectivity index (χ1n) is 8.66. The summed E-state index contributed by atoms with van der Waals surface area (Å²) in [5.41, 5.74) is 9.78. The van der Waals surface area contributed by atoms with Gasteiger partial charge in [0.1, 0.15) is 0 Å². The zero-order valence-corrected chi connectivity index (χ0v) is 15.1. The van der Waals surface area contributed by atoms with Crippen LogP contribution in [0.25, 0.3) is 11.1 Å². The maximum absolute atomic E-state index is 6.13. The van der Waals surface area contributed by atoms with E-state index >= 15 is 0 Å². The van der Waals surface area contributed by atoms with E-state index in [9.17, 15) is 0 Å². The molecule has 0 heterocycles. The molecule has 0 aromatic heterocycles. The Bertz CT molecular complexity index is 579. The van der Waals surface area contributed by atoms with Crippen LogP contribution < -0.4 is 5.73 Å². The molecule has 2 atom stereocenters. The van der Waals surface area contributed by atoms with Crippen LogP contribution in [-0.2, 0) is 11.3 Å². The van der Waals surface area contributed by atoms with Gasteiger partial charge in [-0.3, -0.25) is 0 Å². The highest BCUT2D eigenvalue weighted by atomic mass is 16.5. The highest BCUT2D eigenvalue weighted by Crippen LogP contribution is 2.22. The molecular formula is C23H30NO. The lowest BCUT2D eigenvalue weighted by Gasteiger charge is -2.23. The topological polar surface area (TPSA) is 35.2 Å². The molecule has 5 radical (unpaired) electrons. The Morgan fingerprint density at radius 1 is 0.840 bits per heavy atom. The standard InChI is InChI=1S/C21H26NO.2CH2/c22-20-8-4-5-9-21(15-14-20)23-16-17-10-12-19(13-11-17)18-6-2-1-3-7-18;;/h1-3,6-8,10-13,20-21H,4-5,9,14-16,22H2;2*1H2. The highest BCUT2D eigenvalue weighted by Gasteiger charge is 2.15. The van der Waals surface area contributed by atoms with Gasteiger partial charge in [0.25, 0.3) is 0 Å². The fraction of sp³-hybridized carbons (Fsp3) is 0.348. The number of hydrogen-bond acceptors (Lipinski definition) is 2. The van der Waals surface area contributed by atoms with Gasteiger partial charge in [-0.1, -0.05) is 75.9 Å². The molecular weight excluding hydrogens is 306 g/mol. The summed E-state index contributed by atoms with van der Waals surface area (Å²) in [6, 6.07) is 19.4. The second-order valence-corrected chi connectivity index (χ2v) is 6.40. The molecule has 1 aliphatic rings. The van der Waals surface area contributed by atoms with Gasteiger partial charge in [-0.25, -0.2) is 0 Å². The fourth-order valence-corrected chi connectivity index (χ4v) is 3.12. The third kappa shape index (κ3) is 6.64. The van der Waals surface area contributed by atoms with Gasteiger partial charge in [-0.05, 0) is 48.8 Å². The largest absolute Gasteiger partial charge is 0.374 e. The van der Waals surface area contributed by atoms with E-state index in [1.54, 1.807) is 0 Å². The van der Waals surface area contributed by atoms with Crippen molar-refractivity contribution in [1.82, 2.24) is 0 Å². The van der Waals surface area contributed by atoms with Crippen LogP contribution in [-0.4, -0.2) is 12.1 Å². The summed E-state index contributed by atoms with van der Waals surface area (Å²) < 4.78 is 6.13. The monoisotopic (exact) mass is 336 g/mol. The molecule has 3 rings (SSSR count). The minimum Gasteiger partial charge on any atom is -0.374 e. The Morgan fingerprint density at radius 2 is 1.52 bits per heavy atom. The van der Waals surface area contributed by atoms with E-state index in [0.717, 1.165) is 25.7 Å². The van der Waals surface area contributed by atoms with E-state index in [1.807, 2.05) is 6.07 Å². The Labute approximate surface area is 154 Å². The lowest BCUT2D eigenvalue weighted by Crippen LogP contribution is -2.26. The van der Waals surface area contributed by atoms with Crippen LogP contribution in [0.4, 0.5) is 0 Å². The molecule has 0 amide bonds. The SMILES string of the molecule is NC1[CH]CCCC(OCc2ccc(-c3ccccc3)cc2)CC1.[CH2].[CH2]. The average molecular weight is 336 g/mol. The Balaban J connectivity index is 0.00000156. The van der Waals surface area contributed by atoms with Gasteiger partial charge in [-0.15, -0.1) is 0 Å². The van der Waals surface area contributed by atoms with Crippen molar-refractivity contribution in [3.05, 3.63) is 81.4 Å². The second-order valence-electron chi connectivity index (χ2n) is 6.40. The number of hydrogen-bond donors (Lipinski definition) is 1. The summed E-state index contributed by atoms with van der Waals surface area (Å²) in [5, 5.41) is 0. The van der Waals surface area contributed by atoms with Gasteiger partial charge in [-0.2, -0.15) is 0 Å². The first-order valence-corrected chi connectivity index (χ1v) is 8.66. The Morgan fingerprint density at radius 3 is 2.24 bits per heavy atom. The van der Waals surface area contributed by atoms with Crippen molar-refractivity contribution in [1.29, 1.82) is 0 Å². The Hall–Kier alpha value is -1.64. The van der Waals surface area contributed by atoms with Crippen LogP contribution >= 0.6 is 0 Å². The summed E-state index contributed by atoms with van der Waals surface area (Å²) in [5.74, 6) is 0. The van der Waals surface area contributed by atoms with E-state index in [1.165, 1.54) is 23.1 Å². The van der Waals surface area contributed by atoms with Gasteiger partial charge >= 0.3 is 0 Å². The minimum absolute atomic E-state index is 0. The van der Waals surface area contributed by atoms with Crippen LogP contribution in [0.5, 0.6) is 0 Å². The third-order valence-electron chi connectivity index (χ3n) is 4.57. The Kier molecular flexibility index (Phi) is 9.48. The maximum Gasteiger partial charge on any atom is 0.0720 e.